The van der Waals surface area contributed by atoms with Crippen LogP contribution in [-0.4, -0.2) is 11.0 Å². The Kier molecular flexibility index (Phi) is 5.47. The molecular formula is C11H17ClN2S. The van der Waals surface area contributed by atoms with Crippen molar-refractivity contribution < 1.29 is 0 Å². The van der Waals surface area contributed by atoms with Gasteiger partial charge >= 0.3 is 0 Å². The maximum absolute atomic E-state index is 6.11. The third-order valence-electron chi connectivity index (χ3n) is 2.08. The largest absolute Gasteiger partial charge is 0.271 e. The van der Waals surface area contributed by atoms with Crippen LogP contribution in [0.15, 0.2) is 24.3 Å². The molecule has 2 nitrogen and oxygen atoms in total. The second-order valence-corrected chi connectivity index (χ2v) is 5.64. The lowest BCUT2D eigenvalue weighted by molar-refractivity contribution is 0.610. The van der Waals surface area contributed by atoms with E-state index in [1.165, 1.54) is 0 Å². The van der Waals surface area contributed by atoms with Crippen molar-refractivity contribution in [1.29, 1.82) is 0 Å². The SMILES string of the molecule is CC(C)SCC(NN)c1ccccc1Cl. The van der Waals surface area contributed by atoms with E-state index in [1.807, 2.05) is 36.0 Å². The highest BCUT2D eigenvalue weighted by atomic mass is 35.5. The first-order chi connectivity index (χ1) is 7.15. The van der Waals surface area contributed by atoms with E-state index in [2.05, 4.69) is 19.3 Å². The number of hydrogen-bond donors (Lipinski definition) is 2. The van der Waals surface area contributed by atoms with Crippen LogP contribution in [0.4, 0.5) is 0 Å². The fraction of sp³-hybridized carbons (Fsp3) is 0.455. The summed E-state index contributed by atoms with van der Waals surface area (Å²) in [6.07, 6.45) is 0. The zero-order chi connectivity index (χ0) is 11.3. The van der Waals surface area contributed by atoms with Crippen molar-refractivity contribution in [2.45, 2.75) is 25.1 Å². The van der Waals surface area contributed by atoms with Gasteiger partial charge in [0.2, 0.25) is 0 Å². The van der Waals surface area contributed by atoms with E-state index in [0.717, 1.165) is 16.3 Å². The number of nitrogens with one attached hydrogen (secondary N) is 1. The molecule has 0 aliphatic carbocycles. The van der Waals surface area contributed by atoms with E-state index in [9.17, 15) is 0 Å². The van der Waals surface area contributed by atoms with E-state index < -0.39 is 0 Å². The molecular weight excluding hydrogens is 228 g/mol. The number of thioether (sulfide) groups is 1. The molecule has 0 heterocycles. The quantitative estimate of drug-likeness (QED) is 0.618. The monoisotopic (exact) mass is 244 g/mol. The van der Waals surface area contributed by atoms with E-state index in [-0.39, 0.29) is 6.04 Å². The van der Waals surface area contributed by atoms with Crippen molar-refractivity contribution in [3.05, 3.63) is 34.9 Å². The fourth-order valence-corrected chi connectivity index (χ4v) is 2.39. The molecule has 0 aromatic heterocycles. The van der Waals surface area contributed by atoms with Gasteiger partial charge in [-0.2, -0.15) is 11.8 Å². The lowest BCUT2D eigenvalue weighted by Crippen LogP contribution is -2.30. The van der Waals surface area contributed by atoms with Crippen LogP contribution in [0, 0.1) is 0 Å². The Balaban J connectivity index is 2.70. The summed E-state index contributed by atoms with van der Waals surface area (Å²) >= 11 is 7.97. The van der Waals surface area contributed by atoms with E-state index in [0.29, 0.717) is 5.25 Å². The molecule has 1 unspecified atom stereocenters. The van der Waals surface area contributed by atoms with Crippen LogP contribution in [0.2, 0.25) is 5.02 Å². The Bertz CT molecular complexity index is 304. The number of rotatable bonds is 5. The first-order valence-electron chi connectivity index (χ1n) is 4.97. The smallest absolute Gasteiger partial charge is 0.0565 e. The van der Waals surface area contributed by atoms with Gasteiger partial charge in [-0.25, -0.2) is 0 Å². The van der Waals surface area contributed by atoms with Crippen molar-refractivity contribution in [3.8, 4) is 0 Å². The molecule has 4 heteroatoms. The molecule has 0 amide bonds. The van der Waals surface area contributed by atoms with Gasteiger partial charge in [0.1, 0.15) is 0 Å². The van der Waals surface area contributed by atoms with E-state index >= 15 is 0 Å². The summed E-state index contributed by atoms with van der Waals surface area (Å²) in [4.78, 5) is 0. The molecule has 0 bridgehead atoms. The summed E-state index contributed by atoms with van der Waals surface area (Å²) in [5, 5.41) is 1.37. The summed E-state index contributed by atoms with van der Waals surface area (Å²) in [5.74, 6) is 6.47. The lowest BCUT2D eigenvalue weighted by atomic mass is 10.1. The third kappa shape index (κ3) is 4.03. The summed E-state index contributed by atoms with van der Waals surface area (Å²) in [5.41, 5.74) is 3.87. The van der Waals surface area contributed by atoms with Gasteiger partial charge in [-0.15, -0.1) is 0 Å². The average molecular weight is 245 g/mol. The summed E-state index contributed by atoms with van der Waals surface area (Å²) in [6.45, 7) is 4.34. The van der Waals surface area contributed by atoms with Crippen molar-refractivity contribution >= 4 is 23.4 Å². The minimum absolute atomic E-state index is 0.117. The predicted molar refractivity (Wildman–Crippen MR) is 69.1 cm³/mol. The minimum atomic E-state index is 0.117. The fourth-order valence-electron chi connectivity index (χ4n) is 1.27. The van der Waals surface area contributed by atoms with Gasteiger partial charge in [0.15, 0.2) is 0 Å². The van der Waals surface area contributed by atoms with Gasteiger partial charge in [0, 0.05) is 10.8 Å². The Morgan fingerprint density at radius 3 is 2.60 bits per heavy atom. The molecule has 15 heavy (non-hydrogen) atoms. The number of hydrazine groups is 1. The number of nitrogens with two attached hydrogens (primary N) is 1. The van der Waals surface area contributed by atoms with Crippen LogP contribution in [0.3, 0.4) is 0 Å². The first-order valence-corrected chi connectivity index (χ1v) is 6.40. The molecule has 0 radical (unpaired) electrons. The van der Waals surface area contributed by atoms with Gasteiger partial charge in [-0.1, -0.05) is 43.6 Å². The standard InChI is InChI=1S/C11H17ClN2S/c1-8(2)15-7-11(14-13)9-5-3-4-6-10(9)12/h3-6,8,11,14H,7,13H2,1-2H3. The van der Waals surface area contributed by atoms with Crippen LogP contribution in [0.5, 0.6) is 0 Å². The van der Waals surface area contributed by atoms with E-state index in [4.69, 9.17) is 17.4 Å². The van der Waals surface area contributed by atoms with Crippen LogP contribution in [0.25, 0.3) is 0 Å². The highest BCUT2D eigenvalue weighted by Crippen LogP contribution is 2.26. The predicted octanol–water partition coefficient (Wildman–Crippen LogP) is 2.99. The van der Waals surface area contributed by atoms with Crippen molar-refractivity contribution in [2.75, 3.05) is 5.75 Å². The van der Waals surface area contributed by atoms with Crippen molar-refractivity contribution in [2.24, 2.45) is 5.84 Å². The zero-order valence-corrected chi connectivity index (χ0v) is 10.6. The number of hydrogen-bond acceptors (Lipinski definition) is 3. The van der Waals surface area contributed by atoms with Crippen molar-refractivity contribution in [3.63, 3.8) is 0 Å². The molecule has 1 rings (SSSR count). The highest BCUT2D eigenvalue weighted by Gasteiger charge is 2.13. The van der Waals surface area contributed by atoms with Gasteiger partial charge in [-0.05, 0) is 16.9 Å². The van der Waals surface area contributed by atoms with Gasteiger partial charge in [0.05, 0.1) is 6.04 Å². The number of halogens is 1. The zero-order valence-electron chi connectivity index (χ0n) is 9.03. The molecule has 3 N–H and O–H groups in total. The number of benzene rings is 1. The average Bonchev–Trinajstić information content (AvgIpc) is 2.21. The van der Waals surface area contributed by atoms with E-state index in [1.54, 1.807) is 0 Å². The second-order valence-electron chi connectivity index (χ2n) is 3.62. The molecule has 0 saturated heterocycles. The summed E-state index contributed by atoms with van der Waals surface area (Å²) in [7, 11) is 0. The molecule has 1 aromatic rings. The highest BCUT2D eigenvalue weighted by molar-refractivity contribution is 7.99. The normalized spacial score (nSPS) is 13.1. The summed E-state index contributed by atoms with van der Waals surface area (Å²) < 4.78 is 0. The van der Waals surface area contributed by atoms with Crippen molar-refractivity contribution in [1.82, 2.24) is 5.43 Å². The van der Waals surface area contributed by atoms with Crippen LogP contribution < -0.4 is 11.3 Å². The first kappa shape index (κ1) is 12.8. The maximum atomic E-state index is 6.11. The van der Waals surface area contributed by atoms with Crippen LogP contribution in [-0.2, 0) is 0 Å². The van der Waals surface area contributed by atoms with Gasteiger partial charge < -0.3 is 0 Å². The molecule has 0 fully saturated rings. The molecule has 0 aliphatic heterocycles. The minimum Gasteiger partial charge on any atom is -0.271 e. The molecule has 0 aliphatic rings. The molecule has 0 spiro atoms. The molecule has 0 saturated carbocycles. The van der Waals surface area contributed by atoms with Gasteiger partial charge in [-0.3, -0.25) is 11.3 Å². The Morgan fingerprint density at radius 1 is 1.40 bits per heavy atom. The molecule has 1 atom stereocenters. The lowest BCUT2D eigenvalue weighted by Gasteiger charge is -2.18. The van der Waals surface area contributed by atoms with Gasteiger partial charge in [0.25, 0.3) is 0 Å². The topological polar surface area (TPSA) is 38.0 Å². The second kappa shape index (κ2) is 6.38. The Labute approximate surface area is 101 Å². The maximum Gasteiger partial charge on any atom is 0.0565 e. The van der Waals surface area contributed by atoms with Crippen LogP contribution >= 0.6 is 23.4 Å². The Morgan fingerprint density at radius 2 is 2.07 bits per heavy atom. The summed E-state index contributed by atoms with van der Waals surface area (Å²) in [6, 6.07) is 7.92. The van der Waals surface area contributed by atoms with Crippen LogP contribution in [0.1, 0.15) is 25.5 Å². The molecule has 1 aromatic carbocycles. The Hall–Kier alpha value is -0.220. The third-order valence-corrected chi connectivity index (χ3v) is 3.61. The molecule has 84 valence electrons.